The molecule has 3 rings (SSSR count). The number of pyridine rings is 1. The molecular formula is C23H30F3N5O3. The zero-order chi connectivity index (χ0) is 24.7. The van der Waals surface area contributed by atoms with Crippen LogP contribution in [0.3, 0.4) is 0 Å². The van der Waals surface area contributed by atoms with Crippen LogP contribution < -0.4 is 15.1 Å². The van der Waals surface area contributed by atoms with Crippen LogP contribution in [0.4, 0.5) is 18.9 Å². The van der Waals surface area contributed by atoms with Crippen molar-refractivity contribution < 1.29 is 27.5 Å². The van der Waals surface area contributed by atoms with Gasteiger partial charge in [0, 0.05) is 63.3 Å². The highest BCUT2D eigenvalue weighted by atomic mass is 19.4. The van der Waals surface area contributed by atoms with E-state index in [0.29, 0.717) is 36.4 Å². The number of hydroxylamine groups is 2. The number of alkyl halides is 3. The lowest BCUT2D eigenvalue weighted by Gasteiger charge is -2.41. The molecule has 0 atom stereocenters. The Kier molecular flexibility index (Phi) is 8.70. The number of carbonyl (C=O) groups is 1. The van der Waals surface area contributed by atoms with E-state index in [4.69, 9.17) is 9.57 Å². The minimum Gasteiger partial charge on any atom is -0.483 e. The number of benzene rings is 1. The number of para-hydroxylation sites is 1. The van der Waals surface area contributed by atoms with Gasteiger partial charge in [0.15, 0.2) is 6.61 Å². The molecule has 1 aromatic heterocycles. The van der Waals surface area contributed by atoms with E-state index in [1.807, 2.05) is 11.9 Å². The number of hydrogen-bond acceptors (Lipinski definition) is 7. The number of carbonyl (C=O) groups excluding carboxylic acids is 1. The Balaban J connectivity index is 2.19. The van der Waals surface area contributed by atoms with Crippen LogP contribution in [0.2, 0.25) is 0 Å². The number of piperazine rings is 1. The Bertz CT molecular complexity index is 967. The Morgan fingerprint density at radius 3 is 2.53 bits per heavy atom. The zero-order valence-corrected chi connectivity index (χ0v) is 19.6. The molecule has 11 heteroatoms. The number of nitrogens with zero attached hydrogens (tertiary/aromatic N) is 4. The maximum Gasteiger partial charge on any atom is 0.422 e. The molecule has 1 aliphatic rings. The molecule has 0 aliphatic carbocycles. The van der Waals surface area contributed by atoms with Gasteiger partial charge < -0.3 is 15.1 Å². The number of nitrogens with one attached hydrogen (secondary N) is 1. The van der Waals surface area contributed by atoms with Crippen molar-refractivity contribution >= 4 is 11.6 Å². The Morgan fingerprint density at radius 2 is 1.88 bits per heavy atom. The predicted molar refractivity (Wildman–Crippen MR) is 122 cm³/mol. The van der Waals surface area contributed by atoms with Gasteiger partial charge in [-0.3, -0.25) is 14.6 Å². The fourth-order valence-corrected chi connectivity index (χ4v) is 3.81. The fourth-order valence-electron chi connectivity index (χ4n) is 3.81. The summed E-state index contributed by atoms with van der Waals surface area (Å²) in [5.41, 5.74) is 1.75. The topological polar surface area (TPSA) is 70.2 Å². The molecule has 0 saturated carbocycles. The lowest BCUT2D eigenvalue weighted by Crippen LogP contribution is -2.53. The molecular weight excluding hydrogens is 451 g/mol. The second kappa shape index (κ2) is 11.5. The van der Waals surface area contributed by atoms with E-state index in [-0.39, 0.29) is 11.3 Å². The average Bonchev–Trinajstić information content (AvgIpc) is 2.85. The van der Waals surface area contributed by atoms with Crippen LogP contribution in [0.1, 0.15) is 23.7 Å². The lowest BCUT2D eigenvalue weighted by atomic mass is 10.0. The SMILES string of the molecule is CCCN(c1c(C(=O)N(C)OC)cncc1-c1ccccc1OCC(F)(F)F)N1CCNCC1. The van der Waals surface area contributed by atoms with E-state index >= 15 is 0 Å². The summed E-state index contributed by atoms with van der Waals surface area (Å²) < 4.78 is 43.9. The normalized spacial score (nSPS) is 14.6. The maximum atomic E-state index is 13.2. The molecule has 2 heterocycles. The number of halogens is 3. The van der Waals surface area contributed by atoms with Gasteiger partial charge in [-0.2, -0.15) is 13.2 Å². The quantitative estimate of drug-likeness (QED) is 0.551. The molecule has 186 valence electrons. The van der Waals surface area contributed by atoms with Crippen molar-refractivity contribution in [3.8, 4) is 16.9 Å². The van der Waals surface area contributed by atoms with Crippen molar-refractivity contribution in [3.05, 3.63) is 42.2 Å². The lowest BCUT2D eigenvalue weighted by molar-refractivity contribution is -0.153. The molecule has 0 unspecified atom stereocenters. The summed E-state index contributed by atoms with van der Waals surface area (Å²) in [5, 5.41) is 8.57. The highest BCUT2D eigenvalue weighted by Crippen LogP contribution is 2.40. The first kappa shape index (κ1) is 25.7. The zero-order valence-electron chi connectivity index (χ0n) is 19.6. The predicted octanol–water partition coefficient (Wildman–Crippen LogP) is 3.36. The van der Waals surface area contributed by atoms with Gasteiger partial charge in [-0.05, 0) is 12.5 Å². The molecule has 1 aromatic carbocycles. The van der Waals surface area contributed by atoms with Crippen molar-refractivity contribution in [3.63, 3.8) is 0 Å². The van der Waals surface area contributed by atoms with Crippen LogP contribution in [0.25, 0.3) is 11.1 Å². The van der Waals surface area contributed by atoms with E-state index in [0.717, 1.165) is 24.6 Å². The molecule has 1 aliphatic heterocycles. The number of hydrogen-bond donors (Lipinski definition) is 1. The summed E-state index contributed by atoms with van der Waals surface area (Å²) in [6, 6.07) is 6.47. The molecule has 0 radical (unpaired) electrons. The van der Waals surface area contributed by atoms with Crippen molar-refractivity contribution in [1.82, 2.24) is 20.4 Å². The molecule has 0 bridgehead atoms. The summed E-state index contributed by atoms with van der Waals surface area (Å²) >= 11 is 0. The summed E-state index contributed by atoms with van der Waals surface area (Å²) in [4.78, 5) is 22.6. The highest BCUT2D eigenvalue weighted by Gasteiger charge is 2.31. The molecule has 1 N–H and O–H groups in total. The molecule has 1 fully saturated rings. The first-order valence-corrected chi connectivity index (χ1v) is 11.1. The molecule has 1 amide bonds. The molecule has 34 heavy (non-hydrogen) atoms. The van der Waals surface area contributed by atoms with E-state index in [1.54, 1.807) is 24.4 Å². The molecule has 0 spiro atoms. The third kappa shape index (κ3) is 6.16. The van der Waals surface area contributed by atoms with Gasteiger partial charge in [0.25, 0.3) is 5.91 Å². The average molecular weight is 482 g/mol. The summed E-state index contributed by atoms with van der Waals surface area (Å²) in [6.45, 7) is 4.16. The largest absolute Gasteiger partial charge is 0.483 e. The maximum absolute atomic E-state index is 13.2. The van der Waals surface area contributed by atoms with Crippen molar-refractivity contribution in [2.24, 2.45) is 0 Å². The monoisotopic (exact) mass is 481 g/mol. The van der Waals surface area contributed by atoms with Gasteiger partial charge in [0.2, 0.25) is 0 Å². The first-order chi connectivity index (χ1) is 16.3. The van der Waals surface area contributed by atoms with Crippen molar-refractivity contribution in [2.45, 2.75) is 19.5 Å². The number of anilines is 1. The standard InChI is InChI=1S/C23H30F3N5O3/c1-4-11-31(30-12-9-27-10-13-30)21-18(14-28-15-19(21)22(32)29(2)33-3)17-7-5-6-8-20(17)34-16-23(24,25)26/h5-8,14-15,27H,4,9-13,16H2,1-3H3. The Labute approximate surface area is 197 Å². The van der Waals surface area contributed by atoms with Crippen molar-refractivity contribution in [2.75, 3.05) is 58.5 Å². The van der Waals surface area contributed by atoms with Crippen LogP contribution >= 0.6 is 0 Å². The van der Waals surface area contributed by atoms with Gasteiger partial charge in [0.1, 0.15) is 5.75 Å². The smallest absolute Gasteiger partial charge is 0.422 e. The van der Waals surface area contributed by atoms with Crippen LogP contribution in [0.15, 0.2) is 36.7 Å². The number of aromatic nitrogens is 1. The molecule has 2 aromatic rings. The van der Waals surface area contributed by atoms with Gasteiger partial charge in [0.05, 0.1) is 18.4 Å². The van der Waals surface area contributed by atoms with Crippen LogP contribution in [0, 0.1) is 0 Å². The molecule has 1 saturated heterocycles. The highest BCUT2D eigenvalue weighted by molar-refractivity contribution is 6.02. The minimum absolute atomic E-state index is 0.0596. The van der Waals surface area contributed by atoms with E-state index in [9.17, 15) is 18.0 Å². The number of amides is 1. The minimum atomic E-state index is -4.48. The Hall–Kier alpha value is -2.89. The van der Waals surface area contributed by atoms with E-state index in [1.165, 1.54) is 26.4 Å². The van der Waals surface area contributed by atoms with Crippen LogP contribution in [0.5, 0.6) is 5.75 Å². The van der Waals surface area contributed by atoms with Crippen LogP contribution in [-0.2, 0) is 4.84 Å². The van der Waals surface area contributed by atoms with Crippen molar-refractivity contribution in [1.29, 1.82) is 0 Å². The summed E-state index contributed by atoms with van der Waals surface area (Å²) in [5.74, 6) is -0.360. The second-order valence-corrected chi connectivity index (χ2v) is 7.80. The van der Waals surface area contributed by atoms with Gasteiger partial charge in [-0.25, -0.2) is 10.1 Å². The van der Waals surface area contributed by atoms with Gasteiger partial charge >= 0.3 is 6.18 Å². The van der Waals surface area contributed by atoms with E-state index in [2.05, 4.69) is 15.3 Å². The van der Waals surface area contributed by atoms with Gasteiger partial charge in [-0.1, -0.05) is 25.1 Å². The van der Waals surface area contributed by atoms with E-state index < -0.39 is 18.7 Å². The molecule has 8 nitrogen and oxygen atoms in total. The third-order valence-corrected chi connectivity index (χ3v) is 5.40. The summed E-state index contributed by atoms with van der Waals surface area (Å²) in [6.07, 6.45) is -0.686. The summed E-state index contributed by atoms with van der Waals surface area (Å²) in [7, 11) is 2.88. The fraction of sp³-hybridized carbons (Fsp3) is 0.478. The second-order valence-electron chi connectivity index (χ2n) is 7.80. The van der Waals surface area contributed by atoms with Gasteiger partial charge in [-0.15, -0.1) is 0 Å². The van der Waals surface area contributed by atoms with Crippen LogP contribution in [-0.4, -0.2) is 80.6 Å². The Morgan fingerprint density at radius 1 is 1.18 bits per heavy atom. The third-order valence-electron chi connectivity index (χ3n) is 5.40. The number of hydrazine groups is 1. The number of ether oxygens (including phenoxy) is 1. The first-order valence-electron chi connectivity index (χ1n) is 11.1. The number of rotatable bonds is 9.